The second kappa shape index (κ2) is 22.9. The third kappa shape index (κ3) is 17.5. The van der Waals surface area contributed by atoms with E-state index >= 15 is 0 Å². The van der Waals surface area contributed by atoms with Crippen molar-refractivity contribution >= 4 is 36.1 Å². The van der Waals surface area contributed by atoms with Crippen LogP contribution in [0.5, 0.6) is 0 Å². The fourth-order valence-corrected chi connectivity index (χ4v) is 3.29. The lowest BCUT2D eigenvalue weighted by atomic mass is 10.1. The van der Waals surface area contributed by atoms with Crippen LogP contribution in [0.1, 0.15) is 52.2 Å². The molecule has 2 aromatic carbocycles. The van der Waals surface area contributed by atoms with E-state index in [1.54, 1.807) is 0 Å². The Kier molecular flexibility index (Phi) is 21.8. The summed E-state index contributed by atoms with van der Waals surface area (Å²) in [6.45, 7) is 15.9. The molecule has 3 N–H and O–H groups in total. The highest BCUT2D eigenvalue weighted by Crippen LogP contribution is 2.21. The fraction of sp³-hybridized carbons (Fsp3) is 0.452. The van der Waals surface area contributed by atoms with Gasteiger partial charge in [0.05, 0.1) is 18.3 Å². The summed E-state index contributed by atoms with van der Waals surface area (Å²) in [7, 11) is 1.91. The molecule has 2 unspecified atom stereocenters. The molecule has 0 bridgehead atoms. The standard InChI is InChI=1S/C16H20N4O2.C7H9N.C4H10.C3H6O.CH2O/c1-11-4-3-5-12(2)16(11)19-18-8-15(22)20-9-13(10-21)6-14(20)7-17;1-8-7-5-3-2-4-6-7;1-4(2)3;1-3(2)4;1-2/h3-5,10,13-14,18-19H,6,8-9H2,1-2H3;2-6,8H,1H3;4H,1-3H3;1-2H3;1H2. The number of aldehydes is 1. The summed E-state index contributed by atoms with van der Waals surface area (Å²) in [4.78, 5) is 41.9. The van der Waals surface area contributed by atoms with Gasteiger partial charge in [-0.15, -0.1) is 0 Å². The van der Waals surface area contributed by atoms with Crippen LogP contribution in [0, 0.1) is 37.0 Å². The molecule has 0 saturated carbocycles. The lowest BCUT2D eigenvalue weighted by Crippen LogP contribution is -2.42. The number of benzene rings is 2. The van der Waals surface area contributed by atoms with Gasteiger partial charge in [0, 0.05) is 25.2 Å². The number of carbonyl (C=O) groups is 4. The molecule has 2 aromatic rings. The summed E-state index contributed by atoms with van der Waals surface area (Å²) >= 11 is 0. The molecule has 1 aliphatic heterocycles. The second-order valence-corrected chi connectivity index (χ2v) is 9.82. The summed E-state index contributed by atoms with van der Waals surface area (Å²) in [5.74, 6) is 0.579. The Labute approximate surface area is 240 Å². The Hall–Kier alpha value is -4.03. The largest absolute Gasteiger partial charge is 0.388 e. The van der Waals surface area contributed by atoms with Crippen molar-refractivity contribution in [2.75, 3.05) is 30.9 Å². The van der Waals surface area contributed by atoms with Gasteiger partial charge in [-0.2, -0.15) is 5.26 Å². The Morgan fingerprint density at radius 2 is 1.55 bits per heavy atom. The minimum Gasteiger partial charge on any atom is -0.388 e. The van der Waals surface area contributed by atoms with Crippen LogP contribution >= 0.6 is 0 Å². The van der Waals surface area contributed by atoms with Crippen LogP contribution in [-0.2, 0) is 19.2 Å². The number of hydrazine groups is 1. The van der Waals surface area contributed by atoms with Crippen molar-refractivity contribution in [3.05, 3.63) is 59.7 Å². The smallest absolute Gasteiger partial charge is 0.239 e. The third-order valence-electron chi connectivity index (χ3n) is 4.99. The monoisotopic (exact) mass is 553 g/mol. The van der Waals surface area contributed by atoms with Crippen molar-refractivity contribution < 1.29 is 19.2 Å². The maximum absolute atomic E-state index is 12.2. The van der Waals surface area contributed by atoms with Crippen LogP contribution in [0.4, 0.5) is 11.4 Å². The molecule has 1 amide bonds. The van der Waals surface area contributed by atoms with Crippen molar-refractivity contribution in [2.24, 2.45) is 11.8 Å². The van der Waals surface area contributed by atoms with E-state index in [0.29, 0.717) is 13.0 Å². The summed E-state index contributed by atoms with van der Waals surface area (Å²) in [6, 6.07) is 17.6. The van der Waals surface area contributed by atoms with Crippen LogP contribution in [-0.4, -0.2) is 55.8 Å². The Bertz CT molecular complexity index is 1010. The number of hydrogen-bond donors (Lipinski definition) is 3. The molecular formula is C31H47N5O4. The van der Waals surface area contributed by atoms with Gasteiger partial charge in [-0.05, 0) is 63.3 Å². The van der Waals surface area contributed by atoms with E-state index in [9.17, 15) is 14.4 Å². The van der Waals surface area contributed by atoms with Gasteiger partial charge in [-0.1, -0.05) is 57.2 Å². The number of hydrogen-bond acceptors (Lipinski definition) is 8. The van der Waals surface area contributed by atoms with Gasteiger partial charge in [0.25, 0.3) is 0 Å². The number of rotatable bonds is 6. The molecule has 0 aliphatic carbocycles. The molecule has 2 atom stereocenters. The molecule has 9 nitrogen and oxygen atoms in total. The summed E-state index contributed by atoms with van der Waals surface area (Å²) in [5.41, 5.74) is 10.2. The molecule has 40 heavy (non-hydrogen) atoms. The zero-order chi connectivity index (χ0) is 31.1. The summed E-state index contributed by atoms with van der Waals surface area (Å²) < 4.78 is 0. The van der Waals surface area contributed by atoms with E-state index in [2.05, 4.69) is 43.0 Å². The van der Waals surface area contributed by atoms with Gasteiger partial charge >= 0.3 is 0 Å². The number of aryl methyl sites for hydroxylation is 2. The average Bonchev–Trinajstić information content (AvgIpc) is 3.35. The number of para-hydroxylation sites is 2. The molecule has 0 radical (unpaired) electrons. The molecule has 1 heterocycles. The summed E-state index contributed by atoms with van der Waals surface area (Å²) in [5, 5.41) is 12.1. The normalized spacial score (nSPS) is 14.7. The molecule has 1 saturated heterocycles. The van der Waals surface area contributed by atoms with Crippen molar-refractivity contribution in [2.45, 2.75) is 60.9 Å². The van der Waals surface area contributed by atoms with E-state index in [1.807, 2.05) is 76.2 Å². The topological polar surface area (TPSA) is 131 Å². The number of anilines is 2. The van der Waals surface area contributed by atoms with E-state index < -0.39 is 6.04 Å². The van der Waals surface area contributed by atoms with E-state index in [1.165, 1.54) is 18.7 Å². The van der Waals surface area contributed by atoms with Gasteiger partial charge in [0.1, 0.15) is 24.9 Å². The van der Waals surface area contributed by atoms with Crippen molar-refractivity contribution in [1.29, 1.82) is 5.26 Å². The first-order valence-corrected chi connectivity index (χ1v) is 13.1. The first-order chi connectivity index (χ1) is 19.0. The van der Waals surface area contributed by atoms with Crippen LogP contribution < -0.4 is 16.2 Å². The fourth-order valence-electron chi connectivity index (χ4n) is 3.29. The Balaban J connectivity index is 0. The van der Waals surface area contributed by atoms with Gasteiger partial charge < -0.3 is 30.0 Å². The van der Waals surface area contributed by atoms with Crippen molar-refractivity contribution in [3.8, 4) is 6.07 Å². The molecule has 9 heteroatoms. The Morgan fingerprint density at radius 1 is 1.05 bits per heavy atom. The predicted molar refractivity (Wildman–Crippen MR) is 163 cm³/mol. The van der Waals surface area contributed by atoms with Crippen LogP contribution in [0.15, 0.2) is 48.5 Å². The number of Topliss-reactive ketones (excluding diaryl/α,β-unsaturated/α-hetero) is 1. The van der Waals surface area contributed by atoms with Gasteiger partial charge in [0.15, 0.2) is 0 Å². The first-order valence-electron chi connectivity index (χ1n) is 13.1. The second-order valence-electron chi connectivity index (χ2n) is 9.82. The van der Waals surface area contributed by atoms with E-state index in [-0.39, 0.29) is 24.2 Å². The molecule has 1 fully saturated rings. The Morgan fingerprint density at radius 3 is 1.95 bits per heavy atom. The van der Waals surface area contributed by atoms with Gasteiger partial charge in [-0.3, -0.25) is 4.79 Å². The van der Waals surface area contributed by atoms with Crippen molar-refractivity contribution in [3.63, 3.8) is 0 Å². The molecule has 3 rings (SSSR count). The minimum atomic E-state index is -0.510. The zero-order valence-electron chi connectivity index (χ0n) is 25.3. The van der Waals surface area contributed by atoms with E-state index in [0.717, 1.165) is 34.7 Å². The number of nitriles is 1. The molecule has 220 valence electrons. The van der Waals surface area contributed by atoms with Crippen molar-refractivity contribution in [1.82, 2.24) is 10.3 Å². The first kappa shape index (κ1) is 38.1. The van der Waals surface area contributed by atoms with Crippen LogP contribution in [0.3, 0.4) is 0 Å². The third-order valence-corrected chi connectivity index (χ3v) is 4.99. The molecule has 0 spiro atoms. The van der Waals surface area contributed by atoms with Crippen LogP contribution in [0.2, 0.25) is 0 Å². The quantitative estimate of drug-likeness (QED) is 0.338. The highest BCUT2D eigenvalue weighted by Gasteiger charge is 2.34. The number of nitrogens with one attached hydrogen (secondary N) is 3. The zero-order valence-corrected chi connectivity index (χ0v) is 25.3. The maximum Gasteiger partial charge on any atom is 0.239 e. The number of carbonyl (C=O) groups excluding carboxylic acids is 4. The van der Waals surface area contributed by atoms with E-state index in [4.69, 9.17) is 10.1 Å². The van der Waals surface area contributed by atoms with Gasteiger partial charge in [-0.25, -0.2) is 5.43 Å². The lowest BCUT2D eigenvalue weighted by Gasteiger charge is -2.20. The summed E-state index contributed by atoms with van der Waals surface area (Å²) in [6.07, 6.45) is 1.25. The molecule has 1 aliphatic rings. The molecule has 0 aromatic heterocycles. The highest BCUT2D eigenvalue weighted by molar-refractivity contribution is 5.80. The average molecular weight is 554 g/mol. The van der Waals surface area contributed by atoms with Crippen LogP contribution in [0.25, 0.3) is 0 Å². The SMILES string of the molecule is C=O.CC(C)=O.CC(C)C.CNc1ccccc1.Cc1cccc(C)c1NNCC(=O)N1CC(C=O)CC1C#N. The van der Waals surface area contributed by atoms with Gasteiger partial charge in [0.2, 0.25) is 5.91 Å². The number of amides is 1. The number of nitrogens with zero attached hydrogens (tertiary/aromatic N) is 2. The minimum absolute atomic E-state index is 0.0670. The number of ketones is 1. The predicted octanol–water partition coefficient (Wildman–Crippen LogP) is 4.96. The number of likely N-dealkylation sites (tertiary alicyclic amines) is 1. The highest BCUT2D eigenvalue weighted by atomic mass is 16.2. The lowest BCUT2D eigenvalue weighted by molar-refractivity contribution is -0.130. The molecular weight excluding hydrogens is 506 g/mol. The maximum atomic E-state index is 12.2.